The van der Waals surface area contributed by atoms with E-state index in [-0.39, 0.29) is 23.7 Å². The fourth-order valence-corrected chi connectivity index (χ4v) is 5.74. The van der Waals surface area contributed by atoms with E-state index in [1.54, 1.807) is 0 Å². The van der Waals surface area contributed by atoms with Gasteiger partial charge in [0.15, 0.2) is 0 Å². The zero-order chi connectivity index (χ0) is 14.3. The van der Waals surface area contributed by atoms with Gasteiger partial charge in [0.1, 0.15) is 0 Å². The highest BCUT2D eigenvalue weighted by atomic mass is 127. The average Bonchev–Trinajstić information content (AvgIpc) is 3.26. The maximum atomic E-state index is 12.9. The van der Waals surface area contributed by atoms with Gasteiger partial charge in [-0.3, -0.25) is 14.5 Å². The van der Waals surface area contributed by atoms with Crippen LogP contribution in [-0.4, -0.2) is 11.8 Å². The van der Waals surface area contributed by atoms with Crippen LogP contribution >= 0.6 is 22.6 Å². The van der Waals surface area contributed by atoms with Crippen molar-refractivity contribution in [3.05, 3.63) is 27.8 Å². The van der Waals surface area contributed by atoms with Crippen LogP contribution in [0.15, 0.2) is 24.3 Å². The predicted octanol–water partition coefficient (Wildman–Crippen LogP) is 3.07. The third-order valence-corrected chi connectivity index (χ3v) is 6.95. The Bertz CT molecular complexity index is 621. The number of carbonyl (C=O) groups excluding carboxylic acids is 2. The van der Waals surface area contributed by atoms with Gasteiger partial charge in [-0.05, 0) is 89.8 Å². The molecule has 4 aliphatic carbocycles. The largest absolute Gasteiger partial charge is 0.274 e. The molecule has 0 radical (unpaired) electrons. The molecule has 5 fully saturated rings. The molecule has 1 aromatic rings. The Morgan fingerprint density at radius 3 is 1.90 bits per heavy atom. The second-order valence-corrected chi connectivity index (χ2v) is 8.25. The number of hydrogen-bond acceptors (Lipinski definition) is 2. The van der Waals surface area contributed by atoms with Crippen LogP contribution in [0.25, 0.3) is 0 Å². The van der Waals surface area contributed by atoms with Crippen LogP contribution < -0.4 is 4.90 Å². The molecule has 1 aliphatic heterocycles. The van der Waals surface area contributed by atoms with Gasteiger partial charge in [-0.15, -0.1) is 0 Å². The van der Waals surface area contributed by atoms with E-state index in [0.29, 0.717) is 11.8 Å². The average molecular weight is 393 g/mol. The Morgan fingerprint density at radius 1 is 0.857 bits per heavy atom. The Hall–Kier alpha value is -0.910. The van der Waals surface area contributed by atoms with Crippen molar-refractivity contribution in [1.82, 2.24) is 0 Å². The van der Waals surface area contributed by atoms with Crippen LogP contribution in [0.5, 0.6) is 0 Å². The fourth-order valence-electron chi connectivity index (χ4n) is 5.38. The van der Waals surface area contributed by atoms with Gasteiger partial charge in [0, 0.05) is 3.57 Å². The van der Waals surface area contributed by atoms with Crippen LogP contribution in [0, 0.1) is 39.1 Å². The summed E-state index contributed by atoms with van der Waals surface area (Å²) in [6, 6.07) is 7.73. The molecule has 3 nitrogen and oxygen atoms in total. The second kappa shape index (κ2) is 4.09. The number of benzene rings is 1. The summed E-state index contributed by atoms with van der Waals surface area (Å²) in [5.74, 6) is 2.58. The molecule has 0 aromatic heterocycles. The van der Waals surface area contributed by atoms with Crippen molar-refractivity contribution in [2.45, 2.75) is 19.3 Å². The summed E-state index contributed by atoms with van der Waals surface area (Å²) in [5.41, 5.74) is 0.757. The third-order valence-electron chi connectivity index (χ3n) is 6.23. The lowest BCUT2D eigenvalue weighted by Crippen LogP contribution is -2.43. The molecular weight excluding hydrogens is 377 g/mol. The fraction of sp³-hybridized carbons (Fsp3) is 0.529. The Kier molecular flexibility index (Phi) is 2.46. The van der Waals surface area contributed by atoms with E-state index in [1.165, 1.54) is 11.3 Å². The molecule has 5 aliphatic rings. The van der Waals surface area contributed by atoms with Gasteiger partial charge < -0.3 is 0 Å². The first-order valence-corrected chi connectivity index (χ1v) is 8.88. The number of amides is 2. The SMILES string of the molecule is O=C1C2C3CCC(C4CC43)C2C(=O)N1c1ccc(I)cc1. The number of nitrogens with zero attached hydrogens (tertiary/aromatic N) is 1. The van der Waals surface area contributed by atoms with Gasteiger partial charge in [0.25, 0.3) is 0 Å². The summed E-state index contributed by atoms with van der Waals surface area (Å²) in [6.45, 7) is 0. The predicted molar refractivity (Wildman–Crippen MR) is 86.4 cm³/mol. The molecule has 0 spiro atoms. The summed E-state index contributed by atoms with van der Waals surface area (Å²) in [4.78, 5) is 27.3. The standard InChI is InChI=1S/C17H16INO2/c18-8-1-3-9(4-2-8)19-16(20)14-10-5-6-11(13-7-12(10)13)15(14)17(19)21/h1-4,10-15H,5-7H2. The number of fused-ring (bicyclic) bond motifs is 1. The molecule has 6 rings (SSSR count). The summed E-state index contributed by atoms with van der Waals surface area (Å²) < 4.78 is 1.12. The molecule has 108 valence electrons. The molecule has 2 amide bonds. The minimum Gasteiger partial charge on any atom is -0.274 e. The summed E-state index contributed by atoms with van der Waals surface area (Å²) in [7, 11) is 0. The van der Waals surface area contributed by atoms with Crippen LogP contribution in [0.3, 0.4) is 0 Å². The molecule has 6 atom stereocenters. The molecule has 0 N–H and O–H groups in total. The normalized spacial score (nSPS) is 43.0. The van der Waals surface area contributed by atoms with Gasteiger partial charge in [0.2, 0.25) is 11.8 Å². The Balaban J connectivity index is 1.57. The maximum Gasteiger partial charge on any atom is 0.237 e. The smallest absolute Gasteiger partial charge is 0.237 e. The first-order valence-electron chi connectivity index (χ1n) is 7.80. The number of hydrogen-bond donors (Lipinski definition) is 0. The van der Waals surface area contributed by atoms with E-state index < -0.39 is 0 Å². The lowest BCUT2D eigenvalue weighted by atomic mass is 9.59. The van der Waals surface area contributed by atoms with E-state index >= 15 is 0 Å². The molecule has 1 aromatic carbocycles. The molecule has 21 heavy (non-hydrogen) atoms. The lowest BCUT2D eigenvalue weighted by Gasteiger charge is -2.42. The molecular formula is C17H16INO2. The van der Waals surface area contributed by atoms with Gasteiger partial charge in [-0.25, -0.2) is 0 Å². The molecule has 6 unspecified atom stereocenters. The topological polar surface area (TPSA) is 37.4 Å². The Morgan fingerprint density at radius 2 is 1.38 bits per heavy atom. The van der Waals surface area contributed by atoms with Crippen molar-refractivity contribution in [1.29, 1.82) is 0 Å². The van der Waals surface area contributed by atoms with Gasteiger partial charge >= 0.3 is 0 Å². The van der Waals surface area contributed by atoms with Crippen LogP contribution in [0.4, 0.5) is 5.69 Å². The van der Waals surface area contributed by atoms with Crippen molar-refractivity contribution in [3.8, 4) is 0 Å². The molecule has 4 heteroatoms. The Labute approximate surface area is 137 Å². The van der Waals surface area contributed by atoms with E-state index in [2.05, 4.69) is 22.6 Å². The van der Waals surface area contributed by atoms with E-state index in [1.807, 2.05) is 24.3 Å². The van der Waals surface area contributed by atoms with E-state index in [9.17, 15) is 9.59 Å². The van der Waals surface area contributed by atoms with E-state index in [0.717, 1.165) is 33.9 Å². The summed E-state index contributed by atoms with van der Waals surface area (Å²) in [5, 5.41) is 0. The highest BCUT2D eigenvalue weighted by molar-refractivity contribution is 14.1. The quantitative estimate of drug-likeness (QED) is 0.543. The number of anilines is 1. The van der Waals surface area contributed by atoms with Crippen molar-refractivity contribution in [2.24, 2.45) is 35.5 Å². The highest BCUT2D eigenvalue weighted by Crippen LogP contribution is 2.68. The molecule has 4 saturated carbocycles. The van der Waals surface area contributed by atoms with Crippen molar-refractivity contribution >= 4 is 40.1 Å². The number of carbonyl (C=O) groups is 2. The maximum absolute atomic E-state index is 12.9. The van der Waals surface area contributed by atoms with Crippen molar-refractivity contribution < 1.29 is 9.59 Å². The van der Waals surface area contributed by atoms with Crippen LogP contribution in [-0.2, 0) is 9.59 Å². The van der Waals surface area contributed by atoms with Gasteiger partial charge in [0.05, 0.1) is 17.5 Å². The van der Waals surface area contributed by atoms with Crippen LogP contribution in [0.2, 0.25) is 0 Å². The zero-order valence-corrected chi connectivity index (χ0v) is 13.7. The minimum absolute atomic E-state index is 0.0146. The number of halogens is 1. The second-order valence-electron chi connectivity index (χ2n) is 7.01. The van der Waals surface area contributed by atoms with Crippen molar-refractivity contribution in [3.63, 3.8) is 0 Å². The van der Waals surface area contributed by atoms with E-state index in [4.69, 9.17) is 0 Å². The molecule has 2 bridgehead atoms. The first-order chi connectivity index (χ1) is 10.2. The minimum atomic E-state index is -0.0146. The highest BCUT2D eigenvalue weighted by Gasteiger charge is 2.68. The van der Waals surface area contributed by atoms with Crippen LogP contribution in [0.1, 0.15) is 19.3 Å². The summed E-state index contributed by atoms with van der Waals surface area (Å²) >= 11 is 2.24. The number of rotatable bonds is 1. The summed E-state index contributed by atoms with van der Waals surface area (Å²) in [6.07, 6.45) is 3.59. The molecule has 1 heterocycles. The lowest BCUT2D eigenvalue weighted by molar-refractivity contribution is -0.129. The van der Waals surface area contributed by atoms with Crippen molar-refractivity contribution in [2.75, 3.05) is 4.90 Å². The van der Waals surface area contributed by atoms with Gasteiger partial charge in [-0.2, -0.15) is 0 Å². The van der Waals surface area contributed by atoms with Gasteiger partial charge in [-0.1, -0.05) is 0 Å². The monoisotopic (exact) mass is 393 g/mol. The molecule has 1 saturated heterocycles. The first kappa shape index (κ1) is 12.6. The number of imide groups is 1. The third kappa shape index (κ3) is 1.54. The zero-order valence-electron chi connectivity index (χ0n) is 11.5.